The summed E-state index contributed by atoms with van der Waals surface area (Å²) < 4.78 is 0. The van der Waals surface area contributed by atoms with Crippen molar-refractivity contribution in [1.29, 1.82) is 0 Å². The molecule has 0 N–H and O–H groups in total. The van der Waals surface area contributed by atoms with Gasteiger partial charge in [-0.25, -0.2) is 0 Å². The summed E-state index contributed by atoms with van der Waals surface area (Å²) in [7, 11) is 0. The molecule has 0 saturated carbocycles. The van der Waals surface area contributed by atoms with E-state index in [9.17, 15) is 0 Å². The van der Waals surface area contributed by atoms with Crippen molar-refractivity contribution in [2.75, 3.05) is 19.6 Å². The Bertz CT molecular complexity index is 93.6. The molecule has 0 bridgehead atoms. The van der Waals surface area contributed by atoms with Crippen molar-refractivity contribution in [3.63, 3.8) is 0 Å². The zero-order valence-corrected chi connectivity index (χ0v) is 7.97. The van der Waals surface area contributed by atoms with Gasteiger partial charge in [-0.05, 0) is 31.8 Å². The molecular weight excluding hydrogens is 129 g/mol. The standard InChI is InChI=1S/C9H18N.Li/c1-3-6-10-7-4-5-9(2)8-10;/h9H,1,3-8H2,2H3;/q-1;+1. The molecule has 1 nitrogen and oxygen atoms in total. The van der Waals surface area contributed by atoms with Crippen LogP contribution in [0.15, 0.2) is 0 Å². The summed E-state index contributed by atoms with van der Waals surface area (Å²) in [5.74, 6) is 0.917. The van der Waals surface area contributed by atoms with Gasteiger partial charge in [0.1, 0.15) is 0 Å². The van der Waals surface area contributed by atoms with Gasteiger partial charge in [-0.1, -0.05) is 6.92 Å². The molecule has 0 aliphatic carbocycles. The summed E-state index contributed by atoms with van der Waals surface area (Å²) in [5.41, 5.74) is 0. The Balaban J connectivity index is 0.000001000. The molecule has 0 aromatic rings. The first-order valence-corrected chi connectivity index (χ1v) is 4.34. The molecule has 0 aromatic heterocycles. The monoisotopic (exact) mass is 147 g/mol. The maximum atomic E-state index is 3.86. The average Bonchev–Trinajstić information content (AvgIpc) is 1.88. The second-order valence-electron chi connectivity index (χ2n) is 3.40. The van der Waals surface area contributed by atoms with Crippen LogP contribution in [0.3, 0.4) is 0 Å². The van der Waals surface area contributed by atoms with Crippen LogP contribution in [0, 0.1) is 12.8 Å². The third-order valence-electron chi connectivity index (χ3n) is 2.22. The van der Waals surface area contributed by atoms with Crippen molar-refractivity contribution >= 4 is 0 Å². The molecule has 1 atom stereocenters. The number of nitrogens with zero attached hydrogens (tertiary/aromatic N) is 1. The molecule has 0 amide bonds. The van der Waals surface area contributed by atoms with E-state index in [2.05, 4.69) is 18.7 Å². The van der Waals surface area contributed by atoms with Crippen LogP contribution in [0.1, 0.15) is 26.2 Å². The maximum Gasteiger partial charge on any atom is 1.00 e. The van der Waals surface area contributed by atoms with E-state index in [0.29, 0.717) is 0 Å². The Kier molecular flexibility index (Phi) is 6.43. The molecule has 1 rings (SSSR count). The van der Waals surface area contributed by atoms with Crippen molar-refractivity contribution < 1.29 is 18.9 Å². The topological polar surface area (TPSA) is 3.24 Å². The van der Waals surface area contributed by atoms with E-state index in [1.165, 1.54) is 32.5 Å². The summed E-state index contributed by atoms with van der Waals surface area (Å²) in [6.45, 7) is 10.0. The van der Waals surface area contributed by atoms with Crippen LogP contribution in [0.4, 0.5) is 0 Å². The van der Waals surface area contributed by atoms with Gasteiger partial charge >= 0.3 is 18.9 Å². The van der Waals surface area contributed by atoms with E-state index < -0.39 is 0 Å². The molecule has 0 aromatic carbocycles. The van der Waals surface area contributed by atoms with Crippen LogP contribution in [0.2, 0.25) is 0 Å². The predicted molar refractivity (Wildman–Crippen MR) is 44.8 cm³/mol. The number of rotatable bonds is 2. The first kappa shape index (κ1) is 11.6. The molecule has 1 saturated heterocycles. The van der Waals surface area contributed by atoms with Crippen LogP contribution in [0.5, 0.6) is 0 Å². The number of hydrogen-bond donors (Lipinski definition) is 0. The minimum Gasteiger partial charge on any atom is -0.342 e. The first-order valence-electron chi connectivity index (χ1n) is 4.34. The van der Waals surface area contributed by atoms with Gasteiger partial charge in [-0.15, -0.1) is 0 Å². The smallest absolute Gasteiger partial charge is 0.342 e. The fourth-order valence-electron chi connectivity index (χ4n) is 1.71. The van der Waals surface area contributed by atoms with Gasteiger partial charge in [0.15, 0.2) is 0 Å². The van der Waals surface area contributed by atoms with Gasteiger partial charge in [0.25, 0.3) is 0 Å². The summed E-state index contributed by atoms with van der Waals surface area (Å²) in [6.07, 6.45) is 3.88. The Morgan fingerprint density at radius 3 is 2.82 bits per heavy atom. The molecule has 1 heterocycles. The fourth-order valence-corrected chi connectivity index (χ4v) is 1.71. The van der Waals surface area contributed by atoms with E-state index in [-0.39, 0.29) is 18.9 Å². The Morgan fingerprint density at radius 1 is 1.55 bits per heavy atom. The van der Waals surface area contributed by atoms with Gasteiger partial charge in [-0.2, -0.15) is 6.42 Å². The van der Waals surface area contributed by atoms with Gasteiger partial charge in [0.2, 0.25) is 0 Å². The minimum atomic E-state index is 0. The van der Waals surface area contributed by atoms with E-state index in [4.69, 9.17) is 0 Å². The van der Waals surface area contributed by atoms with Crippen molar-refractivity contribution in [1.82, 2.24) is 4.90 Å². The van der Waals surface area contributed by atoms with Gasteiger partial charge in [0, 0.05) is 6.54 Å². The zero-order chi connectivity index (χ0) is 7.40. The minimum absolute atomic E-state index is 0. The molecule has 2 heteroatoms. The zero-order valence-electron chi connectivity index (χ0n) is 7.97. The van der Waals surface area contributed by atoms with Crippen LogP contribution in [-0.4, -0.2) is 24.5 Å². The SMILES string of the molecule is [CH2-]CCN1CCCC(C)C1.[Li+]. The van der Waals surface area contributed by atoms with Crippen molar-refractivity contribution in [3.05, 3.63) is 6.92 Å². The molecule has 0 spiro atoms. The summed E-state index contributed by atoms with van der Waals surface area (Å²) in [6, 6.07) is 0. The van der Waals surface area contributed by atoms with E-state index in [0.717, 1.165) is 12.3 Å². The fraction of sp³-hybridized carbons (Fsp3) is 0.889. The van der Waals surface area contributed by atoms with Gasteiger partial charge in [0.05, 0.1) is 0 Å². The summed E-state index contributed by atoms with van der Waals surface area (Å²) >= 11 is 0. The van der Waals surface area contributed by atoms with Crippen molar-refractivity contribution in [3.8, 4) is 0 Å². The molecule has 1 fully saturated rings. The van der Waals surface area contributed by atoms with Crippen LogP contribution in [-0.2, 0) is 0 Å². The molecular formula is C9H18LiN. The van der Waals surface area contributed by atoms with Gasteiger partial charge < -0.3 is 11.8 Å². The number of likely N-dealkylation sites (tertiary alicyclic amines) is 1. The Morgan fingerprint density at radius 2 is 2.27 bits per heavy atom. The van der Waals surface area contributed by atoms with Crippen LogP contribution in [0.25, 0.3) is 0 Å². The largest absolute Gasteiger partial charge is 1.00 e. The van der Waals surface area contributed by atoms with Gasteiger partial charge in [-0.3, -0.25) is 0 Å². The molecule has 1 unspecified atom stereocenters. The van der Waals surface area contributed by atoms with E-state index in [1.54, 1.807) is 0 Å². The summed E-state index contributed by atoms with van der Waals surface area (Å²) in [5, 5.41) is 0. The molecule has 0 radical (unpaired) electrons. The second-order valence-corrected chi connectivity index (χ2v) is 3.40. The first-order chi connectivity index (χ1) is 4.83. The third-order valence-corrected chi connectivity index (χ3v) is 2.22. The second kappa shape index (κ2) is 6.12. The normalized spacial score (nSPS) is 26.2. The quantitative estimate of drug-likeness (QED) is 0.356. The predicted octanol–water partition coefficient (Wildman–Crippen LogP) is -1.05. The molecule has 1 aliphatic heterocycles. The molecule has 60 valence electrons. The average molecular weight is 147 g/mol. The molecule has 1 aliphatic rings. The van der Waals surface area contributed by atoms with E-state index >= 15 is 0 Å². The Hall–Kier alpha value is 0.557. The van der Waals surface area contributed by atoms with Crippen molar-refractivity contribution in [2.24, 2.45) is 5.92 Å². The third kappa shape index (κ3) is 4.21. The number of piperidine rings is 1. The van der Waals surface area contributed by atoms with Crippen LogP contribution >= 0.6 is 0 Å². The van der Waals surface area contributed by atoms with Crippen LogP contribution < -0.4 is 18.9 Å². The maximum absolute atomic E-state index is 3.86. The number of hydrogen-bond acceptors (Lipinski definition) is 1. The van der Waals surface area contributed by atoms with E-state index in [1.807, 2.05) is 0 Å². The summed E-state index contributed by atoms with van der Waals surface area (Å²) in [4.78, 5) is 2.53. The van der Waals surface area contributed by atoms with Crippen molar-refractivity contribution in [2.45, 2.75) is 26.2 Å². The molecule has 11 heavy (non-hydrogen) atoms. The Labute approximate surface area is 82.7 Å².